The highest BCUT2D eigenvalue weighted by atomic mass is 16.4. The zero-order valence-electron chi connectivity index (χ0n) is 13.1. The molecule has 0 aliphatic heterocycles. The van der Waals surface area contributed by atoms with Crippen LogP contribution in [0.3, 0.4) is 0 Å². The normalized spacial score (nSPS) is 11.3. The first-order valence-corrected chi connectivity index (χ1v) is 7.33. The number of oxazole rings is 1. The fourth-order valence-electron chi connectivity index (χ4n) is 2.80. The molecule has 0 radical (unpaired) electrons. The van der Waals surface area contributed by atoms with Crippen LogP contribution in [0, 0.1) is 20.8 Å². The number of nitrogens with zero attached hydrogens (tertiary/aromatic N) is 5. The van der Waals surface area contributed by atoms with E-state index in [0.29, 0.717) is 11.6 Å². The van der Waals surface area contributed by atoms with Crippen molar-refractivity contribution in [2.45, 2.75) is 20.8 Å². The van der Waals surface area contributed by atoms with Crippen LogP contribution in [0.2, 0.25) is 0 Å². The summed E-state index contributed by atoms with van der Waals surface area (Å²) in [6.07, 6.45) is 3.29. The monoisotopic (exact) mass is 305 g/mol. The van der Waals surface area contributed by atoms with E-state index in [2.05, 4.69) is 46.0 Å². The third-order valence-electron chi connectivity index (χ3n) is 3.81. The summed E-state index contributed by atoms with van der Waals surface area (Å²) in [5.41, 5.74) is 5.42. The average molecular weight is 305 g/mol. The number of rotatable bonds is 2. The molecule has 0 saturated heterocycles. The van der Waals surface area contributed by atoms with E-state index in [9.17, 15) is 0 Å². The van der Waals surface area contributed by atoms with Crippen LogP contribution in [0.25, 0.3) is 28.3 Å². The molecule has 0 N–H and O–H groups in total. The average Bonchev–Trinajstić information content (AvgIpc) is 3.11. The lowest BCUT2D eigenvalue weighted by molar-refractivity contribution is 0.551. The molecule has 3 heterocycles. The summed E-state index contributed by atoms with van der Waals surface area (Å²) in [4.78, 5) is 13.1. The lowest BCUT2D eigenvalue weighted by atomic mass is 10.1. The number of pyridine rings is 1. The van der Waals surface area contributed by atoms with Gasteiger partial charge in [-0.3, -0.25) is 0 Å². The first kappa shape index (κ1) is 13.6. The van der Waals surface area contributed by atoms with E-state index >= 15 is 0 Å². The second-order valence-electron chi connectivity index (χ2n) is 5.52. The summed E-state index contributed by atoms with van der Waals surface area (Å²) < 4.78 is 7.28. The van der Waals surface area contributed by atoms with Gasteiger partial charge in [0.2, 0.25) is 5.71 Å². The molecule has 4 aromatic rings. The molecular weight excluding hydrogens is 290 g/mol. The van der Waals surface area contributed by atoms with Gasteiger partial charge in [0.25, 0.3) is 0 Å². The fourth-order valence-corrected chi connectivity index (χ4v) is 2.80. The quantitative estimate of drug-likeness (QED) is 0.567. The number of hydrogen-bond donors (Lipinski definition) is 0. The molecular formula is C17H15N5O. The van der Waals surface area contributed by atoms with Gasteiger partial charge in [0, 0.05) is 18.7 Å². The zero-order chi connectivity index (χ0) is 16.0. The minimum atomic E-state index is 0.532. The van der Waals surface area contributed by atoms with Gasteiger partial charge in [-0.1, -0.05) is 18.2 Å². The largest absolute Gasteiger partial charge is 0.423 e. The van der Waals surface area contributed by atoms with Crippen LogP contribution in [0.15, 0.2) is 41.2 Å². The van der Waals surface area contributed by atoms with Crippen LogP contribution < -0.4 is 0 Å². The number of fused-ring (bicyclic) bond motifs is 1. The molecule has 114 valence electrons. The molecule has 4 rings (SSSR count). The maximum absolute atomic E-state index is 5.43. The van der Waals surface area contributed by atoms with Gasteiger partial charge in [-0.2, -0.15) is 5.10 Å². The third-order valence-corrected chi connectivity index (χ3v) is 3.81. The number of para-hydroxylation sites is 1. The van der Waals surface area contributed by atoms with Crippen LogP contribution in [0.1, 0.15) is 17.0 Å². The molecule has 0 amide bonds. The Morgan fingerprint density at radius 2 is 1.83 bits per heavy atom. The van der Waals surface area contributed by atoms with E-state index in [1.54, 1.807) is 19.4 Å². The van der Waals surface area contributed by atoms with Crippen LogP contribution >= 0.6 is 0 Å². The fraction of sp³-hybridized carbons (Fsp3) is 0.176. The second kappa shape index (κ2) is 5.01. The Hall–Kier alpha value is -3.02. The third kappa shape index (κ3) is 2.19. The summed E-state index contributed by atoms with van der Waals surface area (Å²) in [6, 6.07) is 8.09. The van der Waals surface area contributed by atoms with Crippen LogP contribution in [0.5, 0.6) is 0 Å². The summed E-state index contributed by atoms with van der Waals surface area (Å²) in [5.74, 6) is 1.33. The van der Waals surface area contributed by atoms with Crippen molar-refractivity contribution in [1.82, 2.24) is 24.7 Å². The van der Waals surface area contributed by atoms with E-state index in [0.717, 1.165) is 33.7 Å². The van der Waals surface area contributed by atoms with E-state index in [4.69, 9.17) is 4.42 Å². The van der Waals surface area contributed by atoms with Crippen molar-refractivity contribution in [2.24, 2.45) is 0 Å². The summed E-state index contributed by atoms with van der Waals surface area (Å²) in [5, 5.41) is 4.40. The molecule has 6 heteroatoms. The van der Waals surface area contributed by atoms with Gasteiger partial charge >= 0.3 is 0 Å². The Morgan fingerprint density at radius 3 is 2.61 bits per heavy atom. The Bertz CT molecular complexity index is 995. The minimum Gasteiger partial charge on any atom is -0.423 e. The molecule has 0 fully saturated rings. The molecule has 0 atom stereocenters. The Balaban J connectivity index is 1.91. The Labute approximate surface area is 132 Å². The molecule has 0 unspecified atom stereocenters. The number of benzene rings is 1. The highest BCUT2D eigenvalue weighted by Crippen LogP contribution is 2.26. The summed E-state index contributed by atoms with van der Waals surface area (Å²) in [6.45, 7) is 5.94. The van der Waals surface area contributed by atoms with Crippen molar-refractivity contribution in [3.63, 3.8) is 0 Å². The molecule has 6 nitrogen and oxygen atoms in total. The van der Waals surface area contributed by atoms with E-state index in [1.807, 2.05) is 16.8 Å². The number of aromatic nitrogens is 5. The molecule has 0 aliphatic rings. The standard InChI is InChI=1S/C17H15N5O/c1-10-5-4-6-11(2)15(10)22-16(19-9-20-22)13-7-14-17(18-8-13)23-12(3)21-14/h4-9H,1-3H3. The topological polar surface area (TPSA) is 69.6 Å². The minimum absolute atomic E-state index is 0.532. The zero-order valence-corrected chi connectivity index (χ0v) is 13.1. The van der Waals surface area contributed by atoms with E-state index in [-0.39, 0.29) is 0 Å². The van der Waals surface area contributed by atoms with Crippen molar-refractivity contribution in [2.75, 3.05) is 0 Å². The predicted molar refractivity (Wildman–Crippen MR) is 86.4 cm³/mol. The molecule has 3 aromatic heterocycles. The van der Waals surface area contributed by atoms with Crippen molar-refractivity contribution in [3.8, 4) is 17.1 Å². The Kier molecular flexibility index (Phi) is 2.97. The SMILES string of the molecule is Cc1nc2cc(-c3ncnn3-c3c(C)cccc3C)cnc2o1. The van der Waals surface area contributed by atoms with Crippen molar-refractivity contribution < 1.29 is 4.42 Å². The molecule has 0 saturated carbocycles. The lowest BCUT2D eigenvalue weighted by Crippen LogP contribution is -2.04. The maximum atomic E-state index is 5.43. The van der Waals surface area contributed by atoms with E-state index in [1.165, 1.54) is 0 Å². The highest BCUT2D eigenvalue weighted by molar-refractivity contribution is 5.75. The van der Waals surface area contributed by atoms with Crippen LogP contribution in [-0.2, 0) is 0 Å². The van der Waals surface area contributed by atoms with Gasteiger partial charge in [-0.25, -0.2) is 19.6 Å². The van der Waals surface area contributed by atoms with Gasteiger partial charge in [-0.15, -0.1) is 0 Å². The van der Waals surface area contributed by atoms with Gasteiger partial charge in [0.15, 0.2) is 11.7 Å². The van der Waals surface area contributed by atoms with Crippen molar-refractivity contribution in [1.29, 1.82) is 0 Å². The van der Waals surface area contributed by atoms with E-state index < -0.39 is 0 Å². The van der Waals surface area contributed by atoms with Gasteiger partial charge in [0.05, 0.1) is 5.69 Å². The first-order valence-electron chi connectivity index (χ1n) is 7.33. The second-order valence-corrected chi connectivity index (χ2v) is 5.52. The number of aryl methyl sites for hydroxylation is 3. The number of hydrogen-bond acceptors (Lipinski definition) is 5. The van der Waals surface area contributed by atoms with Crippen LogP contribution in [-0.4, -0.2) is 24.7 Å². The summed E-state index contributed by atoms with van der Waals surface area (Å²) in [7, 11) is 0. The molecule has 0 bridgehead atoms. The maximum Gasteiger partial charge on any atom is 0.246 e. The predicted octanol–water partition coefficient (Wildman–Crippen LogP) is 3.40. The lowest BCUT2D eigenvalue weighted by Gasteiger charge is -2.11. The highest BCUT2D eigenvalue weighted by Gasteiger charge is 2.15. The van der Waals surface area contributed by atoms with Crippen molar-refractivity contribution >= 4 is 11.2 Å². The first-order chi connectivity index (χ1) is 11.1. The molecule has 0 aliphatic carbocycles. The van der Waals surface area contributed by atoms with Crippen LogP contribution in [0.4, 0.5) is 0 Å². The van der Waals surface area contributed by atoms with Gasteiger partial charge in [-0.05, 0) is 31.0 Å². The van der Waals surface area contributed by atoms with Crippen molar-refractivity contribution in [3.05, 3.63) is 53.8 Å². The molecule has 0 spiro atoms. The smallest absolute Gasteiger partial charge is 0.246 e. The Morgan fingerprint density at radius 1 is 1.04 bits per heavy atom. The van der Waals surface area contributed by atoms with Gasteiger partial charge < -0.3 is 4.42 Å². The summed E-state index contributed by atoms with van der Waals surface area (Å²) >= 11 is 0. The molecule has 23 heavy (non-hydrogen) atoms. The molecule has 1 aromatic carbocycles. The van der Waals surface area contributed by atoms with Gasteiger partial charge in [0.1, 0.15) is 11.8 Å².